The topological polar surface area (TPSA) is 111 Å². The molecule has 6 rings (SSSR count). The molecule has 1 atom stereocenters. The average Bonchev–Trinajstić information content (AvgIpc) is 3.72. The molecule has 1 saturated heterocycles. The number of carbonyl (C=O) groups excluding carboxylic acids is 1. The lowest BCUT2D eigenvalue weighted by Crippen LogP contribution is -2.20. The molecule has 2 N–H and O–H groups in total. The molecule has 1 aliphatic heterocycles. The number of hydrogen-bond acceptors (Lipinski definition) is 7. The maximum atomic E-state index is 15.0. The Hall–Kier alpha value is -4.71. The van der Waals surface area contributed by atoms with Crippen LogP contribution in [0.4, 0.5) is 14.6 Å². The first-order chi connectivity index (χ1) is 19.0. The summed E-state index contributed by atoms with van der Waals surface area (Å²) in [4.78, 5) is 21.1. The molecule has 0 radical (unpaired) electrons. The summed E-state index contributed by atoms with van der Waals surface area (Å²) >= 11 is 0. The van der Waals surface area contributed by atoms with Crippen molar-refractivity contribution < 1.29 is 18.3 Å². The molecule has 0 aliphatic carbocycles. The first kappa shape index (κ1) is 24.6. The molecule has 0 unspecified atom stereocenters. The zero-order valence-corrected chi connectivity index (χ0v) is 20.9. The van der Waals surface area contributed by atoms with Crippen LogP contribution in [0.3, 0.4) is 0 Å². The summed E-state index contributed by atoms with van der Waals surface area (Å²) < 4.78 is 38.3. The van der Waals surface area contributed by atoms with Gasteiger partial charge in [-0.3, -0.25) is 14.5 Å². The number of nitrogens with zero attached hydrogens (tertiary/aromatic N) is 6. The van der Waals surface area contributed by atoms with Gasteiger partial charge in [0, 0.05) is 66.3 Å². The summed E-state index contributed by atoms with van der Waals surface area (Å²) in [6.45, 7) is 1.70. The normalized spacial score (nSPS) is 15.1. The predicted octanol–water partition coefficient (Wildman–Crippen LogP) is 3.54. The quantitative estimate of drug-likeness (QED) is 0.331. The van der Waals surface area contributed by atoms with E-state index in [1.54, 1.807) is 29.5 Å². The molecule has 12 heteroatoms. The number of rotatable bonds is 7. The van der Waals surface area contributed by atoms with Crippen molar-refractivity contribution in [3.63, 3.8) is 0 Å². The maximum Gasteiger partial charge on any atom is 0.251 e. The molecule has 198 valence electrons. The lowest BCUT2D eigenvalue weighted by Gasteiger charge is -2.15. The Kier molecular flexibility index (Phi) is 6.45. The molecule has 1 amide bonds. The van der Waals surface area contributed by atoms with E-state index in [9.17, 15) is 13.6 Å². The smallest absolute Gasteiger partial charge is 0.251 e. The van der Waals surface area contributed by atoms with Gasteiger partial charge in [0.2, 0.25) is 0 Å². The van der Waals surface area contributed by atoms with Crippen LogP contribution < -0.4 is 10.6 Å². The summed E-state index contributed by atoms with van der Waals surface area (Å²) in [7, 11) is 1.42. The molecule has 10 nitrogen and oxygen atoms in total. The molecular formula is C27H24F2N8O2. The van der Waals surface area contributed by atoms with Crippen molar-refractivity contribution in [2.75, 3.05) is 25.6 Å². The summed E-state index contributed by atoms with van der Waals surface area (Å²) in [5.41, 5.74) is 2.97. The number of fused-ring (bicyclic) bond motifs is 1. The minimum Gasteiger partial charge on any atom is -0.379 e. The minimum absolute atomic E-state index is 0.00940. The van der Waals surface area contributed by atoms with Crippen molar-refractivity contribution in [3.05, 3.63) is 84.2 Å². The number of aromatic nitrogens is 6. The monoisotopic (exact) mass is 530 g/mol. The van der Waals surface area contributed by atoms with Gasteiger partial charge in [-0.1, -0.05) is 6.07 Å². The van der Waals surface area contributed by atoms with Crippen LogP contribution in [0.25, 0.3) is 27.9 Å². The van der Waals surface area contributed by atoms with Gasteiger partial charge in [0.15, 0.2) is 17.3 Å². The summed E-state index contributed by atoms with van der Waals surface area (Å²) in [5.74, 6) is -2.22. The Balaban J connectivity index is 1.44. The van der Waals surface area contributed by atoms with Crippen LogP contribution in [0.1, 0.15) is 22.3 Å². The van der Waals surface area contributed by atoms with Gasteiger partial charge >= 0.3 is 0 Å². The van der Waals surface area contributed by atoms with Gasteiger partial charge in [0.25, 0.3) is 5.91 Å². The van der Waals surface area contributed by atoms with Crippen LogP contribution in [0.15, 0.2) is 61.4 Å². The minimum atomic E-state index is -1.13. The predicted molar refractivity (Wildman–Crippen MR) is 139 cm³/mol. The number of nitrogens with one attached hydrogen (secondary N) is 2. The van der Waals surface area contributed by atoms with E-state index < -0.39 is 17.5 Å². The summed E-state index contributed by atoms with van der Waals surface area (Å²) in [6, 6.07) is 6.04. The van der Waals surface area contributed by atoms with E-state index in [-0.39, 0.29) is 22.7 Å². The van der Waals surface area contributed by atoms with E-state index in [4.69, 9.17) is 9.72 Å². The maximum absolute atomic E-state index is 15.0. The molecule has 1 fully saturated rings. The van der Waals surface area contributed by atoms with Crippen molar-refractivity contribution in [3.8, 4) is 22.3 Å². The Bertz CT molecular complexity index is 1660. The lowest BCUT2D eigenvalue weighted by atomic mass is 10.0. The van der Waals surface area contributed by atoms with Crippen LogP contribution in [-0.4, -0.2) is 61.6 Å². The second-order valence-corrected chi connectivity index (χ2v) is 9.22. The fourth-order valence-electron chi connectivity index (χ4n) is 4.59. The van der Waals surface area contributed by atoms with E-state index in [0.29, 0.717) is 31.2 Å². The molecular weight excluding hydrogens is 506 g/mol. The van der Waals surface area contributed by atoms with Gasteiger partial charge in [-0.05, 0) is 30.2 Å². The Morgan fingerprint density at radius 3 is 2.79 bits per heavy atom. The Morgan fingerprint density at radius 2 is 2.03 bits per heavy atom. The molecule has 5 heterocycles. The highest BCUT2D eigenvalue weighted by Gasteiger charge is 2.23. The Morgan fingerprint density at radius 1 is 1.13 bits per heavy atom. The van der Waals surface area contributed by atoms with E-state index in [2.05, 4.69) is 25.8 Å². The zero-order chi connectivity index (χ0) is 26.9. The molecule has 1 aliphatic rings. The van der Waals surface area contributed by atoms with Gasteiger partial charge in [0.05, 0.1) is 31.6 Å². The van der Waals surface area contributed by atoms with Crippen molar-refractivity contribution in [1.29, 1.82) is 0 Å². The number of ether oxygens (including phenoxy) is 1. The number of pyridine rings is 1. The average molecular weight is 531 g/mol. The van der Waals surface area contributed by atoms with E-state index in [0.717, 1.165) is 29.2 Å². The highest BCUT2D eigenvalue weighted by atomic mass is 19.2. The van der Waals surface area contributed by atoms with Crippen LogP contribution in [-0.2, 0) is 11.3 Å². The van der Waals surface area contributed by atoms with Crippen LogP contribution in [0.5, 0.6) is 0 Å². The number of anilines is 1. The number of hydrogen-bond donors (Lipinski definition) is 2. The van der Waals surface area contributed by atoms with Crippen LogP contribution in [0, 0.1) is 11.6 Å². The van der Waals surface area contributed by atoms with Gasteiger partial charge in [0.1, 0.15) is 5.82 Å². The van der Waals surface area contributed by atoms with Crippen molar-refractivity contribution in [2.45, 2.75) is 19.0 Å². The largest absolute Gasteiger partial charge is 0.379 e. The fourth-order valence-corrected chi connectivity index (χ4v) is 4.59. The van der Waals surface area contributed by atoms with E-state index in [1.807, 2.05) is 18.3 Å². The van der Waals surface area contributed by atoms with Gasteiger partial charge in [-0.15, -0.1) is 0 Å². The second kappa shape index (κ2) is 10.2. The first-order valence-electron chi connectivity index (χ1n) is 12.4. The van der Waals surface area contributed by atoms with E-state index >= 15 is 0 Å². The number of amides is 1. The third-order valence-electron chi connectivity index (χ3n) is 6.58. The number of benzene rings is 1. The summed E-state index contributed by atoms with van der Waals surface area (Å²) in [6.07, 6.45) is 11.1. The number of carbonyl (C=O) groups is 1. The van der Waals surface area contributed by atoms with Crippen LogP contribution >= 0.6 is 0 Å². The molecule has 0 bridgehead atoms. The molecule has 0 spiro atoms. The standard InChI is InChI=1S/C27H24F2N8O2/c1-30-27(38)17-7-20(24(29)23(28)8-17)21-11-33-37-14-22(25(35-26(21)37)34-19-4-6-39-15-19)18-10-32-36(13-18)12-16-3-2-5-31-9-16/h2-3,5,7-11,13-14,19H,4,6,12,15H2,1H3,(H,30,38)(H,34,35)/t19-/m0/s1. The SMILES string of the molecule is CNC(=O)c1cc(F)c(F)c(-c2cnn3cc(-c4cnn(Cc5cccnc5)c4)c(N[C@H]4CCOC4)nc23)c1. The highest BCUT2D eigenvalue weighted by Crippen LogP contribution is 2.33. The molecule has 39 heavy (non-hydrogen) atoms. The number of halogens is 2. The third kappa shape index (κ3) is 4.81. The fraction of sp³-hybridized carbons (Fsp3) is 0.222. The molecule has 4 aromatic heterocycles. The van der Waals surface area contributed by atoms with Gasteiger partial charge in [-0.2, -0.15) is 10.2 Å². The van der Waals surface area contributed by atoms with E-state index in [1.165, 1.54) is 23.8 Å². The summed E-state index contributed by atoms with van der Waals surface area (Å²) in [5, 5.41) is 14.7. The molecule has 0 saturated carbocycles. The Labute approximate surface area is 221 Å². The van der Waals surface area contributed by atoms with Gasteiger partial charge in [-0.25, -0.2) is 18.3 Å². The third-order valence-corrected chi connectivity index (χ3v) is 6.58. The van der Waals surface area contributed by atoms with Gasteiger partial charge < -0.3 is 15.4 Å². The van der Waals surface area contributed by atoms with Crippen LogP contribution in [0.2, 0.25) is 0 Å². The lowest BCUT2D eigenvalue weighted by molar-refractivity contribution is 0.0962. The zero-order valence-electron chi connectivity index (χ0n) is 20.9. The second-order valence-electron chi connectivity index (χ2n) is 9.22. The molecule has 1 aromatic carbocycles. The van der Waals surface area contributed by atoms with Crippen molar-refractivity contribution in [2.24, 2.45) is 0 Å². The first-order valence-corrected chi connectivity index (χ1v) is 12.4. The van der Waals surface area contributed by atoms with Crippen molar-refractivity contribution >= 4 is 17.4 Å². The molecule has 5 aromatic rings. The van der Waals surface area contributed by atoms with Crippen molar-refractivity contribution in [1.82, 2.24) is 34.7 Å². The highest BCUT2D eigenvalue weighted by molar-refractivity contribution is 5.96.